The van der Waals surface area contributed by atoms with Gasteiger partial charge in [-0.25, -0.2) is 0 Å². The summed E-state index contributed by atoms with van der Waals surface area (Å²) >= 11 is 0. The Balaban J connectivity index is 1.46. The number of pyridine rings is 1. The highest BCUT2D eigenvalue weighted by Crippen LogP contribution is 2.20. The monoisotopic (exact) mass is 395 g/mol. The zero-order valence-corrected chi connectivity index (χ0v) is 17.6. The third-order valence-electron chi connectivity index (χ3n) is 5.59. The minimum atomic E-state index is -0.280. The van der Waals surface area contributed by atoms with E-state index in [4.69, 9.17) is 0 Å². The maximum absolute atomic E-state index is 12.7. The van der Waals surface area contributed by atoms with E-state index in [0.29, 0.717) is 13.1 Å². The van der Waals surface area contributed by atoms with Crippen LogP contribution in [0.15, 0.2) is 53.5 Å². The van der Waals surface area contributed by atoms with Gasteiger partial charge in [0.1, 0.15) is 5.56 Å². The van der Waals surface area contributed by atoms with Crippen LogP contribution < -0.4 is 10.9 Å². The highest BCUT2D eigenvalue weighted by Gasteiger charge is 2.21. The molecule has 1 amide bonds. The van der Waals surface area contributed by atoms with Crippen LogP contribution in [0.4, 0.5) is 0 Å². The van der Waals surface area contributed by atoms with E-state index in [2.05, 4.69) is 24.1 Å². The minimum absolute atomic E-state index is 0.210. The van der Waals surface area contributed by atoms with Crippen LogP contribution in [0, 0.1) is 11.8 Å². The largest absolute Gasteiger partial charge is 0.352 e. The molecule has 1 aliphatic heterocycles. The van der Waals surface area contributed by atoms with Crippen molar-refractivity contribution in [3.8, 4) is 0 Å². The first-order valence-electron chi connectivity index (χ1n) is 10.8. The Labute approximate surface area is 173 Å². The molecule has 0 spiro atoms. The molecule has 29 heavy (non-hydrogen) atoms. The van der Waals surface area contributed by atoms with Crippen LogP contribution >= 0.6 is 0 Å². The quantitative estimate of drug-likeness (QED) is 0.697. The van der Waals surface area contributed by atoms with Crippen LogP contribution in [0.2, 0.25) is 0 Å². The fourth-order valence-electron chi connectivity index (χ4n) is 4.35. The van der Waals surface area contributed by atoms with Crippen LogP contribution in [-0.4, -0.2) is 41.6 Å². The molecular formula is C24H33N3O2. The summed E-state index contributed by atoms with van der Waals surface area (Å²) in [6, 6.07) is 13.2. The lowest BCUT2D eigenvalue weighted by Crippen LogP contribution is -2.39. The van der Waals surface area contributed by atoms with Gasteiger partial charge in [-0.1, -0.05) is 44.2 Å². The molecule has 2 atom stereocenters. The number of hydrogen-bond acceptors (Lipinski definition) is 3. The molecule has 2 heterocycles. The molecule has 1 fully saturated rings. The fraction of sp³-hybridized carbons (Fsp3) is 0.500. The van der Waals surface area contributed by atoms with Crippen molar-refractivity contribution in [3.63, 3.8) is 0 Å². The van der Waals surface area contributed by atoms with Gasteiger partial charge >= 0.3 is 0 Å². The molecule has 156 valence electrons. The maximum atomic E-state index is 12.7. The van der Waals surface area contributed by atoms with Crippen molar-refractivity contribution in [1.82, 2.24) is 14.8 Å². The second-order valence-corrected chi connectivity index (χ2v) is 8.51. The number of rotatable bonds is 8. The van der Waals surface area contributed by atoms with Crippen LogP contribution in [0.25, 0.3) is 0 Å². The number of likely N-dealkylation sites (tertiary alicyclic amines) is 1. The Hall–Kier alpha value is -2.40. The normalized spacial score (nSPS) is 19.8. The van der Waals surface area contributed by atoms with E-state index in [0.717, 1.165) is 36.8 Å². The SMILES string of the molecule is CC1CC(C)CN(CCCCNC(=O)c2cccn(Cc3ccccc3)c2=O)C1. The number of carbonyl (C=O) groups is 1. The lowest BCUT2D eigenvalue weighted by Gasteiger charge is -2.34. The smallest absolute Gasteiger partial charge is 0.263 e. The lowest BCUT2D eigenvalue weighted by molar-refractivity contribution is 0.0949. The maximum Gasteiger partial charge on any atom is 0.263 e. The molecule has 2 aromatic rings. The molecule has 0 saturated carbocycles. The van der Waals surface area contributed by atoms with Gasteiger partial charge in [-0.2, -0.15) is 0 Å². The van der Waals surface area contributed by atoms with Crippen molar-refractivity contribution < 1.29 is 4.79 Å². The summed E-state index contributed by atoms with van der Waals surface area (Å²) in [5.41, 5.74) is 1.00. The average Bonchev–Trinajstić information content (AvgIpc) is 2.69. The van der Waals surface area contributed by atoms with Crippen LogP contribution in [-0.2, 0) is 6.54 Å². The summed E-state index contributed by atoms with van der Waals surface area (Å²) in [6.45, 7) is 9.17. The Morgan fingerprint density at radius 3 is 2.48 bits per heavy atom. The number of hydrogen-bond donors (Lipinski definition) is 1. The molecule has 5 nitrogen and oxygen atoms in total. The molecular weight excluding hydrogens is 362 g/mol. The summed E-state index contributed by atoms with van der Waals surface area (Å²) in [4.78, 5) is 27.7. The van der Waals surface area contributed by atoms with Gasteiger partial charge in [0.05, 0.1) is 6.54 Å². The number of benzene rings is 1. The van der Waals surface area contributed by atoms with Crippen molar-refractivity contribution in [2.75, 3.05) is 26.2 Å². The van der Waals surface area contributed by atoms with Crippen LogP contribution in [0.3, 0.4) is 0 Å². The van der Waals surface area contributed by atoms with Crippen molar-refractivity contribution in [3.05, 3.63) is 70.1 Å². The number of amides is 1. The first kappa shape index (κ1) is 21.3. The molecule has 1 aromatic heterocycles. The molecule has 1 saturated heterocycles. The molecule has 1 aliphatic rings. The zero-order chi connectivity index (χ0) is 20.6. The predicted octanol–water partition coefficient (Wildman–Crippen LogP) is 3.38. The second-order valence-electron chi connectivity index (χ2n) is 8.51. The Kier molecular flexibility index (Phi) is 7.64. The Morgan fingerprint density at radius 1 is 1.03 bits per heavy atom. The van der Waals surface area contributed by atoms with E-state index in [-0.39, 0.29) is 17.0 Å². The highest BCUT2D eigenvalue weighted by atomic mass is 16.2. The standard InChI is InChI=1S/C24H33N3O2/c1-19-15-20(2)17-26(16-19)13-7-6-12-25-23(28)22-11-8-14-27(24(22)29)18-21-9-4-3-5-10-21/h3-5,8-11,14,19-20H,6-7,12-13,15-18H2,1-2H3,(H,25,28). The molecule has 5 heteroatoms. The van der Waals surface area contributed by atoms with Gasteiger partial charge < -0.3 is 14.8 Å². The summed E-state index contributed by atoms with van der Waals surface area (Å²) in [7, 11) is 0. The second kappa shape index (κ2) is 10.4. The Morgan fingerprint density at radius 2 is 1.76 bits per heavy atom. The molecule has 3 rings (SSSR count). The van der Waals surface area contributed by atoms with Crippen molar-refractivity contribution in [1.29, 1.82) is 0 Å². The summed E-state index contributed by atoms with van der Waals surface area (Å²) < 4.78 is 1.59. The Bertz CT molecular complexity index is 837. The lowest BCUT2D eigenvalue weighted by atomic mass is 9.92. The number of unbranched alkanes of at least 4 members (excludes halogenated alkanes) is 1. The van der Waals surface area contributed by atoms with Gasteiger partial charge in [-0.3, -0.25) is 9.59 Å². The third-order valence-corrected chi connectivity index (χ3v) is 5.59. The summed E-state index contributed by atoms with van der Waals surface area (Å²) in [5, 5.41) is 2.92. The zero-order valence-electron chi connectivity index (χ0n) is 17.6. The number of nitrogens with zero attached hydrogens (tertiary/aromatic N) is 2. The van der Waals surface area contributed by atoms with E-state index in [1.165, 1.54) is 19.5 Å². The van der Waals surface area contributed by atoms with E-state index in [1.807, 2.05) is 30.3 Å². The van der Waals surface area contributed by atoms with Gasteiger partial charge in [-0.15, -0.1) is 0 Å². The first-order valence-corrected chi connectivity index (χ1v) is 10.8. The van der Waals surface area contributed by atoms with E-state index in [1.54, 1.807) is 22.9 Å². The molecule has 2 unspecified atom stereocenters. The average molecular weight is 396 g/mol. The van der Waals surface area contributed by atoms with Crippen molar-refractivity contribution in [2.45, 2.75) is 39.7 Å². The van der Waals surface area contributed by atoms with E-state index < -0.39 is 0 Å². The number of carbonyl (C=O) groups excluding carboxylic acids is 1. The molecule has 1 N–H and O–H groups in total. The topological polar surface area (TPSA) is 54.3 Å². The van der Waals surface area contributed by atoms with Gasteiger partial charge in [0.25, 0.3) is 11.5 Å². The van der Waals surface area contributed by atoms with Gasteiger partial charge in [-0.05, 0) is 55.3 Å². The molecule has 0 bridgehead atoms. The predicted molar refractivity (Wildman–Crippen MR) is 117 cm³/mol. The van der Waals surface area contributed by atoms with Crippen LogP contribution in [0.5, 0.6) is 0 Å². The van der Waals surface area contributed by atoms with Crippen LogP contribution in [0.1, 0.15) is 49.0 Å². The molecule has 0 aliphatic carbocycles. The van der Waals surface area contributed by atoms with Gasteiger partial charge in [0, 0.05) is 25.8 Å². The molecule has 1 aromatic carbocycles. The summed E-state index contributed by atoms with van der Waals surface area (Å²) in [5.74, 6) is 1.27. The summed E-state index contributed by atoms with van der Waals surface area (Å²) in [6.07, 6.45) is 5.04. The number of aromatic nitrogens is 1. The van der Waals surface area contributed by atoms with Crippen molar-refractivity contribution >= 4 is 5.91 Å². The third kappa shape index (κ3) is 6.29. The van der Waals surface area contributed by atoms with Gasteiger partial charge in [0.15, 0.2) is 0 Å². The van der Waals surface area contributed by atoms with E-state index in [9.17, 15) is 9.59 Å². The first-order chi connectivity index (χ1) is 14.0. The fourth-order valence-corrected chi connectivity index (χ4v) is 4.35. The minimum Gasteiger partial charge on any atom is -0.352 e. The van der Waals surface area contributed by atoms with Gasteiger partial charge in [0.2, 0.25) is 0 Å². The van der Waals surface area contributed by atoms with E-state index >= 15 is 0 Å². The number of nitrogens with one attached hydrogen (secondary N) is 1. The number of piperidine rings is 1. The highest BCUT2D eigenvalue weighted by molar-refractivity contribution is 5.93. The van der Waals surface area contributed by atoms with Crippen molar-refractivity contribution in [2.24, 2.45) is 11.8 Å². The molecule has 0 radical (unpaired) electrons.